The normalized spacial score (nSPS) is 17.4. The maximum atomic E-state index is 12.5. The van der Waals surface area contributed by atoms with Gasteiger partial charge in [-0.05, 0) is 44.0 Å². The highest BCUT2D eigenvalue weighted by Gasteiger charge is 2.25. The molecule has 1 aliphatic rings. The molecule has 1 N–H and O–H groups in total. The quantitative estimate of drug-likeness (QED) is 0.908. The fourth-order valence-corrected chi connectivity index (χ4v) is 3.35. The van der Waals surface area contributed by atoms with Crippen molar-refractivity contribution in [3.8, 4) is 0 Å². The van der Waals surface area contributed by atoms with E-state index in [2.05, 4.69) is 53.5 Å². The van der Waals surface area contributed by atoms with Gasteiger partial charge in [-0.3, -0.25) is 9.69 Å². The van der Waals surface area contributed by atoms with Gasteiger partial charge in [0, 0.05) is 12.5 Å². The number of hydrogen-bond donors (Lipinski definition) is 1. The van der Waals surface area contributed by atoms with Crippen LogP contribution in [-0.4, -0.2) is 23.9 Å². The molecule has 0 aromatic heterocycles. The van der Waals surface area contributed by atoms with Gasteiger partial charge in [0.15, 0.2) is 0 Å². The van der Waals surface area contributed by atoms with Crippen LogP contribution in [-0.2, 0) is 11.3 Å². The minimum atomic E-state index is 0.0704. The lowest BCUT2D eigenvalue weighted by atomic mass is 9.95. The van der Waals surface area contributed by atoms with E-state index in [4.69, 9.17) is 0 Å². The molecule has 0 saturated carbocycles. The van der Waals surface area contributed by atoms with E-state index in [1.54, 1.807) is 0 Å². The SMILES string of the molecule is CC(NC(=O)C1CCN(Cc2ccccc2)CC1)c1ccccc1. The molecule has 1 unspecified atom stereocenters. The van der Waals surface area contributed by atoms with Gasteiger partial charge >= 0.3 is 0 Å². The third-order valence-corrected chi connectivity index (χ3v) is 4.87. The van der Waals surface area contributed by atoms with Gasteiger partial charge in [-0.2, -0.15) is 0 Å². The third-order valence-electron chi connectivity index (χ3n) is 4.87. The topological polar surface area (TPSA) is 32.3 Å². The third kappa shape index (κ3) is 4.45. The molecular formula is C21H26N2O. The van der Waals surface area contributed by atoms with Gasteiger partial charge < -0.3 is 5.32 Å². The summed E-state index contributed by atoms with van der Waals surface area (Å²) in [5.74, 6) is 0.342. The zero-order chi connectivity index (χ0) is 16.8. The minimum absolute atomic E-state index is 0.0704. The molecule has 3 nitrogen and oxygen atoms in total. The molecule has 1 atom stereocenters. The number of rotatable bonds is 5. The first kappa shape index (κ1) is 16.7. The second kappa shape index (κ2) is 8.11. The Morgan fingerprint density at radius 2 is 1.62 bits per heavy atom. The van der Waals surface area contributed by atoms with Crippen molar-refractivity contribution in [3.05, 3.63) is 71.8 Å². The highest BCUT2D eigenvalue weighted by Crippen LogP contribution is 2.21. The summed E-state index contributed by atoms with van der Waals surface area (Å²) in [5, 5.41) is 3.17. The number of nitrogens with one attached hydrogen (secondary N) is 1. The number of piperidine rings is 1. The summed E-state index contributed by atoms with van der Waals surface area (Å²) in [4.78, 5) is 15.0. The average Bonchev–Trinajstić information content (AvgIpc) is 2.64. The molecule has 1 aliphatic heterocycles. The lowest BCUT2D eigenvalue weighted by Gasteiger charge is -2.32. The molecule has 0 spiro atoms. The van der Waals surface area contributed by atoms with Crippen molar-refractivity contribution in [2.24, 2.45) is 5.92 Å². The van der Waals surface area contributed by atoms with Crippen LogP contribution in [0.1, 0.15) is 36.9 Å². The van der Waals surface area contributed by atoms with Gasteiger partial charge in [-0.1, -0.05) is 60.7 Å². The van der Waals surface area contributed by atoms with Crippen LogP contribution in [0.3, 0.4) is 0 Å². The monoisotopic (exact) mass is 322 g/mol. The lowest BCUT2D eigenvalue weighted by molar-refractivity contribution is -0.127. The van der Waals surface area contributed by atoms with Gasteiger partial charge in [-0.15, -0.1) is 0 Å². The summed E-state index contributed by atoms with van der Waals surface area (Å²) in [6, 6.07) is 20.8. The number of benzene rings is 2. The van der Waals surface area contributed by atoms with E-state index < -0.39 is 0 Å². The van der Waals surface area contributed by atoms with Crippen LogP contribution in [0, 0.1) is 5.92 Å². The fraction of sp³-hybridized carbons (Fsp3) is 0.381. The predicted octanol–water partition coefficient (Wildman–Crippen LogP) is 3.78. The Labute approximate surface area is 144 Å². The first-order chi connectivity index (χ1) is 11.7. The molecule has 1 saturated heterocycles. The largest absolute Gasteiger partial charge is 0.349 e. The van der Waals surface area contributed by atoms with Crippen molar-refractivity contribution in [1.29, 1.82) is 0 Å². The number of nitrogens with zero attached hydrogens (tertiary/aromatic N) is 1. The van der Waals surface area contributed by atoms with E-state index in [9.17, 15) is 4.79 Å². The van der Waals surface area contributed by atoms with E-state index in [0.717, 1.165) is 38.0 Å². The Balaban J connectivity index is 1.47. The zero-order valence-corrected chi connectivity index (χ0v) is 14.3. The van der Waals surface area contributed by atoms with Crippen LogP contribution in [0.15, 0.2) is 60.7 Å². The van der Waals surface area contributed by atoms with Crippen LogP contribution < -0.4 is 5.32 Å². The van der Waals surface area contributed by atoms with Gasteiger partial charge in [0.25, 0.3) is 0 Å². The smallest absolute Gasteiger partial charge is 0.223 e. The first-order valence-electron chi connectivity index (χ1n) is 8.84. The van der Waals surface area contributed by atoms with Gasteiger partial charge in [0.05, 0.1) is 6.04 Å². The Hall–Kier alpha value is -2.13. The summed E-state index contributed by atoms with van der Waals surface area (Å²) in [6.07, 6.45) is 1.89. The summed E-state index contributed by atoms with van der Waals surface area (Å²) in [6.45, 7) is 5.02. The molecule has 1 heterocycles. The fourth-order valence-electron chi connectivity index (χ4n) is 3.35. The predicted molar refractivity (Wildman–Crippen MR) is 97.4 cm³/mol. The molecule has 0 aliphatic carbocycles. The Morgan fingerprint density at radius 3 is 2.25 bits per heavy atom. The Morgan fingerprint density at radius 1 is 1.04 bits per heavy atom. The van der Waals surface area contributed by atoms with Crippen LogP contribution in [0.25, 0.3) is 0 Å². The molecule has 1 fully saturated rings. The first-order valence-corrected chi connectivity index (χ1v) is 8.84. The molecule has 126 valence electrons. The standard InChI is InChI=1S/C21H26N2O/c1-17(19-10-6-3-7-11-19)22-21(24)20-12-14-23(15-13-20)16-18-8-4-2-5-9-18/h2-11,17,20H,12-16H2,1H3,(H,22,24). The molecular weight excluding hydrogens is 296 g/mol. The van der Waals surface area contributed by atoms with E-state index in [0.29, 0.717) is 0 Å². The van der Waals surface area contributed by atoms with Gasteiger partial charge in [-0.25, -0.2) is 0 Å². The summed E-state index contributed by atoms with van der Waals surface area (Å²) in [7, 11) is 0. The second-order valence-electron chi connectivity index (χ2n) is 6.68. The van der Waals surface area contributed by atoms with Crippen molar-refractivity contribution < 1.29 is 4.79 Å². The molecule has 24 heavy (non-hydrogen) atoms. The Kier molecular flexibility index (Phi) is 5.65. The minimum Gasteiger partial charge on any atom is -0.349 e. The highest BCUT2D eigenvalue weighted by atomic mass is 16.1. The van der Waals surface area contributed by atoms with Crippen molar-refractivity contribution in [1.82, 2.24) is 10.2 Å². The molecule has 0 bridgehead atoms. The lowest BCUT2D eigenvalue weighted by Crippen LogP contribution is -2.40. The molecule has 3 rings (SSSR count). The molecule has 0 radical (unpaired) electrons. The van der Waals surface area contributed by atoms with E-state index in [1.807, 2.05) is 24.3 Å². The van der Waals surface area contributed by atoms with E-state index in [-0.39, 0.29) is 17.9 Å². The van der Waals surface area contributed by atoms with Crippen molar-refractivity contribution in [3.63, 3.8) is 0 Å². The number of carbonyl (C=O) groups is 1. The number of amides is 1. The Bertz CT molecular complexity index is 633. The van der Waals surface area contributed by atoms with E-state index in [1.165, 1.54) is 5.56 Å². The number of hydrogen-bond acceptors (Lipinski definition) is 2. The summed E-state index contributed by atoms with van der Waals surface area (Å²) >= 11 is 0. The maximum absolute atomic E-state index is 12.5. The molecule has 1 amide bonds. The summed E-state index contributed by atoms with van der Waals surface area (Å²) < 4.78 is 0. The van der Waals surface area contributed by atoms with Crippen molar-refractivity contribution in [2.75, 3.05) is 13.1 Å². The number of likely N-dealkylation sites (tertiary alicyclic amines) is 1. The number of carbonyl (C=O) groups excluding carboxylic acids is 1. The van der Waals surface area contributed by atoms with Crippen LogP contribution in [0.4, 0.5) is 0 Å². The molecule has 3 heteroatoms. The van der Waals surface area contributed by atoms with Gasteiger partial charge in [0.2, 0.25) is 5.91 Å². The molecule has 2 aromatic carbocycles. The van der Waals surface area contributed by atoms with Gasteiger partial charge in [0.1, 0.15) is 0 Å². The van der Waals surface area contributed by atoms with Crippen LogP contribution >= 0.6 is 0 Å². The van der Waals surface area contributed by atoms with Crippen molar-refractivity contribution in [2.45, 2.75) is 32.4 Å². The zero-order valence-electron chi connectivity index (χ0n) is 14.3. The average molecular weight is 322 g/mol. The summed E-state index contributed by atoms with van der Waals surface area (Å²) in [5.41, 5.74) is 2.51. The second-order valence-corrected chi connectivity index (χ2v) is 6.68. The maximum Gasteiger partial charge on any atom is 0.223 e. The molecule has 2 aromatic rings. The van der Waals surface area contributed by atoms with Crippen LogP contribution in [0.5, 0.6) is 0 Å². The highest BCUT2D eigenvalue weighted by molar-refractivity contribution is 5.79. The van der Waals surface area contributed by atoms with E-state index >= 15 is 0 Å². The van der Waals surface area contributed by atoms with Crippen LogP contribution in [0.2, 0.25) is 0 Å². The van der Waals surface area contributed by atoms with Crippen molar-refractivity contribution >= 4 is 5.91 Å².